The molecule has 3 fully saturated rings. The van der Waals surface area contributed by atoms with Gasteiger partial charge in [0.15, 0.2) is 0 Å². The van der Waals surface area contributed by atoms with Gasteiger partial charge in [0, 0.05) is 24.7 Å². The number of carbonyl (C=O) groups is 3. The summed E-state index contributed by atoms with van der Waals surface area (Å²) in [7, 11) is 1.74. The number of nitrogens with one attached hydrogen (secondary N) is 3. The van der Waals surface area contributed by atoms with Crippen molar-refractivity contribution in [3.8, 4) is 5.75 Å². The van der Waals surface area contributed by atoms with E-state index < -0.39 is 18.1 Å². The Kier molecular flexibility index (Phi) is 8.00. The average molecular weight is 512 g/mol. The number of likely N-dealkylation sites (N-methyl/N-ethyl adjacent to an activating group) is 1. The van der Waals surface area contributed by atoms with Gasteiger partial charge in [0.2, 0.25) is 17.7 Å². The zero-order valence-corrected chi connectivity index (χ0v) is 22.1. The van der Waals surface area contributed by atoms with Crippen molar-refractivity contribution in [2.24, 2.45) is 5.92 Å². The van der Waals surface area contributed by atoms with E-state index in [1.54, 1.807) is 18.9 Å². The summed E-state index contributed by atoms with van der Waals surface area (Å²) in [6.07, 6.45) is 7.23. The lowest BCUT2D eigenvalue weighted by atomic mass is 9.82. The lowest BCUT2D eigenvalue weighted by Crippen LogP contribution is -2.66. The van der Waals surface area contributed by atoms with Crippen molar-refractivity contribution >= 4 is 17.7 Å². The molecule has 3 N–H and O–H groups in total. The molecule has 37 heavy (non-hydrogen) atoms. The highest BCUT2D eigenvalue weighted by Crippen LogP contribution is 2.33. The van der Waals surface area contributed by atoms with Gasteiger partial charge in [-0.2, -0.15) is 0 Å². The quantitative estimate of drug-likeness (QED) is 0.514. The van der Waals surface area contributed by atoms with Crippen molar-refractivity contribution in [3.05, 3.63) is 29.8 Å². The number of fused-ring (bicyclic) bond motifs is 2. The van der Waals surface area contributed by atoms with Crippen LogP contribution >= 0.6 is 0 Å². The van der Waals surface area contributed by atoms with E-state index in [9.17, 15) is 14.4 Å². The second-order valence-corrected chi connectivity index (χ2v) is 11.1. The van der Waals surface area contributed by atoms with Gasteiger partial charge in [-0.15, -0.1) is 0 Å². The number of nitrogens with zero attached hydrogens (tertiary/aromatic N) is 2. The van der Waals surface area contributed by atoms with Gasteiger partial charge in [-0.1, -0.05) is 37.5 Å². The topological polar surface area (TPSA) is 103 Å². The predicted octanol–water partition coefficient (Wildman–Crippen LogP) is 1.58. The standard InChI is InChI=1S/C28H41N5O4/c1-18(29-2)26(34)31-25(19-9-4-3-5-10-19)28(36)33-15-20-11-8-14-32(20)16-23(33)27(35)30-22-17-37-24-13-7-6-12-21(22)24/h6-7,12-13,18-20,22-23,25,29H,3-5,8-11,14-17H2,1-2H3,(H,30,35)(H,31,34)/t18-,20+,22?,23?,25-/m0/s1. The number of piperazine rings is 1. The minimum atomic E-state index is -0.609. The average Bonchev–Trinajstić information content (AvgIpc) is 3.57. The Morgan fingerprint density at radius 3 is 2.59 bits per heavy atom. The fraction of sp³-hybridized carbons (Fsp3) is 0.679. The number of hydrogen-bond donors (Lipinski definition) is 3. The van der Waals surface area contributed by atoms with Gasteiger partial charge in [-0.05, 0) is 58.2 Å². The fourth-order valence-electron chi connectivity index (χ4n) is 6.47. The highest BCUT2D eigenvalue weighted by molar-refractivity contribution is 5.93. The van der Waals surface area contributed by atoms with Gasteiger partial charge >= 0.3 is 0 Å². The van der Waals surface area contributed by atoms with Crippen LogP contribution in [0.5, 0.6) is 5.75 Å². The molecule has 0 spiro atoms. The zero-order chi connectivity index (χ0) is 25.9. The first-order valence-corrected chi connectivity index (χ1v) is 14.0. The Morgan fingerprint density at radius 1 is 1.03 bits per heavy atom. The van der Waals surface area contributed by atoms with Crippen LogP contribution in [0.25, 0.3) is 0 Å². The maximum Gasteiger partial charge on any atom is 0.246 e. The van der Waals surface area contributed by atoms with E-state index in [0.717, 1.165) is 62.8 Å². The molecule has 0 aromatic heterocycles. The lowest BCUT2D eigenvalue weighted by molar-refractivity contribution is -0.149. The molecular weight excluding hydrogens is 470 g/mol. The molecular formula is C28H41N5O4. The molecule has 1 aromatic rings. The van der Waals surface area contributed by atoms with Crippen molar-refractivity contribution in [3.63, 3.8) is 0 Å². The van der Waals surface area contributed by atoms with Crippen molar-refractivity contribution < 1.29 is 19.1 Å². The van der Waals surface area contributed by atoms with E-state index in [-0.39, 0.29) is 35.7 Å². The number of carbonyl (C=O) groups excluding carboxylic acids is 3. The molecule has 2 unspecified atom stereocenters. The van der Waals surface area contributed by atoms with E-state index in [1.807, 2.05) is 24.3 Å². The van der Waals surface area contributed by atoms with Crippen molar-refractivity contribution in [1.82, 2.24) is 25.8 Å². The molecule has 1 aromatic carbocycles. The summed E-state index contributed by atoms with van der Waals surface area (Å²) in [6.45, 7) is 4.19. The van der Waals surface area contributed by atoms with Gasteiger partial charge in [-0.3, -0.25) is 19.3 Å². The molecule has 202 valence electrons. The number of hydrogen-bond acceptors (Lipinski definition) is 6. The molecule has 9 nitrogen and oxygen atoms in total. The second-order valence-electron chi connectivity index (χ2n) is 11.1. The molecule has 3 aliphatic heterocycles. The van der Waals surface area contributed by atoms with Crippen LogP contribution in [0.2, 0.25) is 0 Å². The van der Waals surface area contributed by atoms with Crippen molar-refractivity contribution in [2.45, 2.75) is 82.1 Å². The first kappa shape index (κ1) is 26.0. The molecule has 1 saturated carbocycles. The smallest absolute Gasteiger partial charge is 0.246 e. The van der Waals surface area contributed by atoms with E-state index in [1.165, 1.54) is 0 Å². The van der Waals surface area contributed by atoms with Crippen molar-refractivity contribution in [1.29, 1.82) is 0 Å². The Hall–Kier alpha value is -2.65. The van der Waals surface area contributed by atoms with Crippen molar-refractivity contribution in [2.75, 3.05) is 33.3 Å². The molecule has 1 aliphatic carbocycles. The highest BCUT2D eigenvalue weighted by Gasteiger charge is 2.45. The summed E-state index contributed by atoms with van der Waals surface area (Å²) in [6, 6.07) is 6.19. The first-order valence-electron chi connectivity index (χ1n) is 14.0. The summed E-state index contributed by atoms with van der Waals surface area (Å²) in [4.78, 5) is 45.1. The largest absolute Gasteiger partial charge is 0.491 e. The summed E-state index contributed by atoms with van der Waals surface area (Å²) in [5.74, 6) is 0.448. The molecule has 3 amide bonds. The maximum atomic E-state index is 14.3. The molecule has 0 bridgehead atoms. The van der Waals surface area contributed by atoms with Crippen LogP contribution in [0, 0.1) is 5.92 Å². The van der Waals surface area contributed by atoms with Crippen LogP contribution in [0.15, 0.2) is 24.3 Å². The minimum Gasteiger partial charge on any atom is -0.491 e. The number of benzene rings is 1. The van der Waals surface area contributed by atoms with Crippen LogP contribution < -0.4 is 20.7 Å². The third-order valence-electron chi connectivity index (χ3n) is 8.80. The summed E-state index contributed by atoms with van der Waals surface area (Å²) < 4.78 is 5.78. The first-order chi connectivity index (χ1) is 18.0. The molecule has 3 heterocycles. The Balaban J connectivity index is 1.38. The number of ether oxygens (including phenoxy) is 1. The number of amides is 3. The second kappa shape index (κ2) is 11.4. The van der Waals surface area contributed by atoms with Gasteiger partial charge in [-0.25, -0.2) is 0 Å². The molecule has 5 rings (SSSR count). The monoisotopic (exact) mass is 511 g/mol. The van der Waals surface area contributed by atoms with Gasteiger partial charge in [0.1, 0.15) is 24.4 Å². The van der Waals surface area contributed by atoms with E-state index in [0.29, 0.717) is 19.7 Å². The van der Waals surface area contributed by atoms with Crippen LogP contribution in [0.4, 0.5) is 0 Å². The number of para-hydroxylation sites is 1. The third-order valence-corrected chi connectivity index (χ3v) is 8.80. The van der Waals surface area contributed by atoms with E-state index >= 15 is 0 Å². The van der Waals surface area contributed by atoms with Crippen LogP contribution in [-0.4, -0.2) is 85.0 Å². The predicted molar refractivity (Wildman–Crippen MR) is 140 cm³/mol. The minimum absolute atomic E-state index is 0.0923. The molecule has 2 saturated heterocycles. The highest BCUT2D eigenvalue weighted by atomic mass is 16.5. The van der Waals surface area contributed by atoms with Crippen LogP contribution in [0.1, 0.15) is 63.5 Å². The summed E-state index contributed by atoms with van der Waals surface area (Å²) in [5, 5.41) is 9.23. The summed E-state index contributed by atoms with van der Waals surface area (Å²) >= 11 is 0. The van der Waals surface area contributed by atoms with Crippen LogP contribution in [-0.2, 0) is 14.4 Å². The van der Waals surface area contributed by atoms with Crippen LogP contribution in [0.3, 0.4) is 0 Å². The normalized spacial score (nSPS) is 27.5. The zero-order valence-electron chi connectivity index (χ0n) is 22.1. The summed E-state index contributed by atoms with van der Waals surface area (Å²) in [5.41, 5.74) is 0.969. The Labute approximate surface area is 219 Å². The molecule has 0 radical (unpaired) electrons. The number of rotatable bonds is 7. The lowest BCUT2D eigenvalue weighted by Gasteiger charge is -2.45. The Morgan fingerprint density at radius 2 is 1.81 bits per heavy atom. The Bertz CT molecular complexity index is 997. The third kappa shape index (κ3) is 5.48. The maximum absolute atomic E-state index is 14.3. The van der Waals surface area contributed by atoms with E-state index in [2.05, 4.69) is 20.9 Å². The molecule has 5 atom stereocenters. The fourth-order valence-corrected chi connectivity index (χ4v) is 6.47. The molecule has 9 heteroatoms. The molecule has 4 aliphatic rings. The SMILES string of the molecule is CN[C@@H](C)C(=O)N[C@H](C(=O)N1C[C@H]2CCCN2CC1C(=O)NC1COc2ccccc21)C1CCCCC1. The van der Waals surface area contributed by atoms with Gasteiger partial charge in [0.25, 0.3) is 0 Å². The van der Waals surface area contributed by atoms with E-state index in [4.69, 9.17) is 4.74 Å². The van der Waals surface area contributed by atoms with Gasteiger partial charge in [0.05, 0.1) is 12.1 Å². The van der Waals surface area contributed by atoms with Gasteiger partial charge < -0.3 is 25.6 Å².